The van der Waals surface area contributed by atoms with E-state index in [0.29, 0.717) is 12.5 Å². The highest BCUT2D eigenvalue weighted by molar-refractivity contribution is 7.11. The molecule has 1 aromatic carbocycles. The van der Waals surface area contributed by atoms with Crippen molar-refractivity contribution in [1.82, 2.24) is 14.8 Å². The van der Waals surface area contributed by atoms with Crippen LogP contribution in [0.4, 0.5) is 4.79 Å². The minimum Gasteiger partial charge on any atom is -0.445 e. The number of hydrogen-bond acceptors (Lipinski definition) is 5. The largest absolute Gasteiger partial charge is 0.445 e. The number of ether oxygens (including phenoxy) is 1. The number of likely N-dealkylation sites (N-methyl/N-ethyl adjacent to an activating group) is 1. The van der Waals surface area contributed by atoms with Crippen molar-refractivity contribution < 1.29 is 9.53 Å². The summed E-state index contributed by atoms with van der Waals surface area (Å²) in [6.07, 6.45) is 4.86. The molecule has 3 rings (SSSR count). The number of thiazole rings is 1. The van der Waals surface area contributed by atoms with Crippen molar-refractivity contribution in [3.05, 3.63) is 52.0 Å². The topological polar surface area (TPSA) is 45.7 Å². The third-order valence-corrected chi connectivity index (χ3v) is 6.00. The van der Waals surface area contributed by atoms with Gasteiger partial charge in [-0.1, -0.05) is 30.3 Å². The summed E-state index contributed by atoms with van der Waals surface area (Å²) >= 11 is 1.79. The van der Waals surface area contributed by atoms with Gasteiger partial charge in [-0.3, -0.25) is 0 Å². The number of aromatic nitrogens is 1. The van der Waals surface area contributed by atoms with E-state index >= 15 is 0 Å². The average molecular weight is 388 g/mol. The molecule has 1 saturated heterocycles. The van der Waals surface area contributed by atoms with Crippen molar-refractivity contribution in [3.63, 3.8) is 0 Å². The van der Waals surface area contributed by atoms with Crippen LogP contribution < -0.4 is 0 Å². The Hall–Kier alpha value is -1.92. The first-order valence-electron chi connectivity index (χ1n) is 9.65. The highest BCUT2D eigenvalue weighted by atomic mass is 32.1. The van der Waals surface area contributed by atoms with E-state index in [2.05, 4.69) is 23.9 Å². The minimum atomic E-state index is -0.190. The first kappa shape index (κ1) is 19.8. The highest BCUT2D eigenvalue weighted by Gasteiger charge is 2.24. The number of aryl methyl sites for hydroxylation is 1. The van der Waals surface area contributed by atoms with E-state index < -0.39 is 0 Å². The number of piperidine rings is 1. The summed E-state index contributed by atoms with van der Waals surface area (Å²) in [7, 11) is 2.18. The molecule has 1 aliphatic rings. The van der Waals surface area contributed by atoms with Crippen molar-refractivity contribution >= 4 is 17.4 Å². The Labute approximate surface area is 166 Å². The van der Waals surface area contributed by atoms with Crippen LogP contribution in [0.2, 0.25) is 0 Å². The molecule has 1 fully saturated rings. The number of benzene rings is 1. The lowest BCUT2D eigenvalue weighted by atomic mass is 9.96. The van der Waals surface area contributed by atoms with Gasteiger partial charge in [-0.2, -0.15) is 0 Å². The van der Waals surface area contributed by atoms with Crippen molar-refractivity contribution in [2.75, 3.05) is 33.2 Å². The Bertz CT molecular complexity index is 711. The van der Waals surface area contributed by atoms with Gasteiger partial charge in [0.25, 0.3) is 0 Å². The lowest BCUT2D eigenvalue weighted by Gasteiger charge is -2.33. The van der Waals surface area contributed by atoms with Gasteiger partial charge in [-0.25, -0.2) is 9.78 Å². The van der Waals surface area contributed by atoms with Crippen molar-refractivity contribution in [2.45, 2.75) is 32.8 Å². The standard InChI is InChI=1S/C21H29N3O2S/c1-17-14-22-20(27-17)10-11-23(2)15-18-8-12-24(13-9-18)21(25)26-16-19-6-4-3-5-7-19/h3-7,14,18H,8-13,15-16H2,1-2H3. The van der Waals surface area contributed by atoms with Gasteiger partial charge >= 0.3 is 6.09 Å². The molecule has 0 radical (unpaired) electrons. The number of amides is 1. The fraction of sp³-hybridized carbons (Fsp3) is 0.524. The van der Waals surface area contributed by atoms with E-state index in [0.717, 1.165) is 51.0 Å². The van der Waals surface area contributed by atoms with Gasteiger partial charge in [0.1, 0.15) is 6.61 Å². The molecule has 2 aromatic rings. The molecule has 0 unspecified atom stereocenters. The molecule has 1 aliphatic heterocycles. The molecule has 1 amide bonds. The maximum Gasteiger partial charge on any atom is 0.410 e. The molecule has 6 heteroatoms. The van der Waals surface area contributed by atoms with Gasteiger partial charge < -0.3 is 14.5 Å². The molecular formula is C21H29N3O2S. The Balaban J connectivity index is 1.33. The van der Waals surface area contributed by atoms with Gasteiger partial charge in [0, 0.05) is 43.7 Å². The van der Waals surface area contributed by atoms with Crippen molar-refractivity contribution in [2.24, 2.45) is 5.92 Å². The molecule has 0 atom stereocenters. The van der Waals surface area contributed by atoms with Gasteiger partial charge in [-0.05, 0) is 38.3 Å². The molecule has 2 heterocycles. The second-order valence-corrected chi connectivity index (χ2v) is 8.67. The normalized spacial score (nSPS) is 15.3. The van der Waals surface area contributed by atoms with Gasteiger partial charge in [0.05, 0.1) is 5.01 Å². The number of hydrogen-bond donors (Lipinski definition) is 0. The van der Waals surface area contributed by atoms with E-state index in [1.54, 1.807) is 11.3 Å². The van der Waals surface area contributed by atoms with E-state index in [-0.39, 0.29) is 6.09 Å². The molecule has 0 spiro atoms. The summed E-state index contributed by atoms with van der Waals surface area (Å²) in [5.74, 6) is 0.645. The van der Waals surface area contributed by atoms with Crippen LogP contribution in [0.1, 0.15) is 28.3 Å². The average Bonchev–Trinajstić information content (AvgIpc) is 3.11. The van der Waals surface area contributed by atoms with Crippen LogP contribution in [0.3, 0.4) is 0 Å². The fourth-order valence-corrected chi connectivity index (χ4v) is 4.22. The molecule has 0 aliphatic carbocycles. The lowest BCUT2D eigenvalue weighted by Crippen LogP contribution is -2.41. The fourth-order valence-electron chi connectivity index (χ4n) is 3.44. The quantitative estimate of drug-likeness (QED) is 0.721. The Morgan fingerprint density at radius 2 is 2.04 bits per heavy atom. The summed E-state index contributed by atoms with van der Waals surface area (Å²) in [6.45, 7) is 6.14. The van der Waals surface area contributed by atoms with Crippen LogP contribution in [0.25, 0.3) is 0 Å². The SMILES string of the molecule is Cc1cnc(CCN(C)CC2CCN(C(=O)OCc3ccccc3)CC2)s1. The molecule has 0 bridgehead atoms. The van der Waals surface area contributed by atoms with Crippen LogP contribution in [0, 0.1) is 12.8 Å². The highest BCUT2D eigenvalue weighted by Crippen LogP contribution is 2.19. The zero-order chi connectivity index (χ0) is 19.1. The zero-order valence-electron chi connectivity index (χ0n) is 16.3. The Kier molecular flexibility index (Phi) is 7.24. The smallest absolute Gasteiger partial charge is 0.410 e. The maximum atomic E-state index is 12.2. The molecule has 1 aromatic heterocycles. The molecule has 146 valence electrons. The second kappa shape index (κ2) is 9.85. The number of nitrogens with zero attached hydrogens (tertiary/aromatic N) is 3. The second-order valence-electron chi connectivity index (χ2n) is 7.35. The summed E-state index contributed by atoms with van der Waals surface area (Å²) in [5.41, 5.74) is 1.03. The first-order valence-corrected chi connectivity index (χ1v) is 10.5. The monoisotopic (exact) mass is 387 g/mol. The summed E-state index contributed by atoms with van der Waals surface area (Å²) in [5, 5.41) is 1.22. The van der Waals surface area contributed by atoms with Crippen molar-refractivity contribution in [1.29, 1.82) is 0 Å². The number of carbonyl (C=O) groups is 1. The molecule has 0 N–H and O–H groups in total. The molecule has 0 saturated carbocycles. The third-order valence-electron chi connectivity index (χ3n) is 5.02. The molecule has 5 nitrogen and oxygen atoms in total. The zero-order valence-corrected chi connectivity index (χ0v) is 17.1. The Morgan fingerprint density at radius 3 is 2.70 bits per heavy atom. The van der Waals surface area contributed by atoms with Crippen molar-refractivity contribution in [3.8, 4) is 0 Å². The molecular weight excluding hydrogens is 358 g/mol. The van der Waals surface area contributed by atoms with Gasteiger partial charge in [0.15, 0.2) is 0 Å². The lowest BCUT2D eigenvalue weighted by molar-refractivity contribution is 0.0786. The summed E-state index contributed by atoms with van der Waals surface area (Å²) in [4.78, 5) is 22.2. The molecule has 27 heavy (non-hydrogen) atoms. The van der Waals surface area contributed by atoms with E-state index in [1.807, 2.05) is 41.4 Å². The predicted octanol–water partition coefficient (Wildman–Crippen LogP) is 3.97. The van der Waals surface area contributed by atoms with Crippen LogP contribution >= 0.6 is 11.3 Å². The number of carbonyl (C=O) groups excluding carboxylic acids is 1. The Morgan fingerprint density at radius 1 is 1.30 bits per heavy atom. The summed E-state index contributed by atoms with van der Waals surface area (Å²) in [6, 6.07) is 9.83. The van der Waals surface area contributed by atoms with E-state index in [9.17, 15) is 4.79 Å². The predicted molar refractivity (Wildman–Crippen MR) is 109 cm³/mol. The van der Waals surface area contributed by atoms with Gasteiger partial charge in [-0.15, -0.1) is 11.3 Å². The first-order chi connectivity index (χ1) is 13.1. The maximum absolute atomic E-state index is 12.2. The number of likely N-dealkylation sites (tertiary alicyclic amines) is 1. The van der Waals surface area contributed by atoms with E-state index in [4.69, 9.17) is 4.74 Å². The minimum absolute atomic E-state index is 0.190. The third kappa shape index (κ3) is 6.33. The van der Waals surface area contributed by atoms with Crippen LogP contribution in [-0.2, 0) is 17.8 Å². The van der Waals surface area contributed by atoms with E-state index in [1.165, 1.54) is 9.88 Å². The van der Waals surface area contributed by atoms with Crippen LogP contribution in [-0.4, -0.2) is 54.1 Å². The van der Waals surface area contributed by atoms with Crippen LogP contribution in [0.15, 0.2) is 36.5 Å². The van der Waals surface area contributed by atoms with Crippen LogP contribution in [0.5, 0.6) is 0 Å². The summed E-state index contributed by atoms with van der Waals surface area (Å²) < 4.78 is 5.44. The number of rotatable bonds is 7. The van der Waals surface area contributed by atoms with Gasteiger partial charge in [0.2, 0.25) is 0 Å².